The molecule has 0 aliphatic rings. The molecule has 0 saturated carbocycles. The lowest BCUT2D eigenvalue weighted by Gasteiger charge is -2.09. The lowest BCUT2D eigenvalue weighted by Crippen LogP contribution is -2.13. The first-order chi connectivity index (χ1) is 9.24. The second kappa shape index (κ2) is 5.88. The fraction of sp³-hybridized carbons (Fsp3) is 0.0714. The number of hydrogen-bond acceptors (Lipinski definition) is 4. The summed E-state index contributed by atoms with van der Waals surface area (Å²) in [6, 6.07) is 13.7. The molecule has 0 spiro atoms. The predicted octanol–water partition coefficient (Wildman–Crippen LogP) is 2.75. The molecule has 3 N–H and O–H groups in total. The fourth-order valence-electron chi connectivity index (χ4n) is 1.65. The Kier molecular flexibility index (Phi) is 4.00. The van der Waals surface area contributed by atoms with Crippen molar-refractivity contribution >= 4 is 17.3 Å². The molecule has 2 aromatic rings. The summed E-state index contributed by atoms with van der Waals surface area (Å²) in [6.45, 7) is 0. The van der Waals surface area contributed by atoms with Gasteiger partial charge in [-0.1, -0.05) is 12.1 Å². The van der Waals surface area contributed by atoms with Gasteiger partial charge in [0, 0.05) is 5.69 Å². The van der Waals surface area contributed by atoms with Crippen molar-refractivity contribution in [2.45, 2.75) is 0 Å². The minimum absolute atomic E-state index is 0.303. The number of ether oxygens (including phenoxy) is 1. The van der Waals surface area contributed by atoms with E-state index >= 15 is 0 Å². The third kappa shape index (κ3) is 3.02. The van der Waals surface area contributed by atoms with Crippen molar-refractivity contribution in [3.8, 4) is 5.75 Å². The second-order valence-corrected chi connectivity index (χ2v) is 3.84. The molecule has 5 heteroatoms. The van der Waals surface area contributed by atoms with E-state index in [-0.39, 0.29) is 5.91 Å². The van der Waals surface area contributed by atoms with Crippen molar-refractivity contribution in [3.05, 3.63) is 54.1 Å². The number of nitrogens with one attached hydrogen (secondary N) is 2. The number of carbonyl (C=O) groups excluding carboxylic acids is 1. The average molecular weight is 258 g/mol. The van der Waals surface area contributed by atoms with Gasteiger partial charge in [-0.25, -0.2) is 0 Å². The molecule has 0 saturated heterocycles. The lowest BCUT2D eigenvalue weighted by atomic mass is 10.1. The van der Waals surface area contributed by atoms with Crippen LogP contribution < -0.4 is 15.5 Å². The quantitative estimate of drug-likeness (QED) is 0.737. The van der Waals surface area contributed by atoms with E-state index in [0.29, 0.717) is 16.9 Å². The minimum atomic E-state index is -0.303. The van der Waals surface area contributed by atoms with Gasteiger partial charge in [0.05, 0.1) is 18.4 Å². The summed E-state index contributed by atoms with van der Waals surface area (Å²) < 4.78 is 5.04. The molecular weight excluding hydrogens is 244 g/mol. The van der Waals surface area contributed by atoms with Crippen LogP contribution in [-0.4, -0.2) is 18.2 Å². The van der Waals surface area contributed by atoms with Gasteiger partial charge in [-0.2, -0.15) is 0 Å². The molecule has 0 radical (unpaired) electrons. The van der Waals surface area contributed by atoms with Crippen molar-refractivity contribution in [1.29, 1.82) is 0 Å². The number of amides is 1. The van der Waals surface area contributed by atoms with Crippen LogP contribution in [0.25, 0.3) is 0 Å². The molecule has 0 aromatic heterocycles. The first-order valence-corrected chi connectivity index (χ1v) is 5.69. The number of benzene rings is 2. The standard InChI is InChI=1S/C14H14N2O3/c1-19-11-8-6-10(7-9-11)15-14(17)12-4-2-3-5-13(12)16-18/h2-9,16,18H,1H3,(H,15,17). The van der Waals surface area contributed by atoms with Crippen molar-refractivity contribution in [3.63, 3.8) is 0 Å². The fourth-order valence-corrected chi connectivity index (χ4v) is 1.65. The van der Waals surface area contributed by atoms with E-state index in [9.17, 15) is 4.79 Å². The summed E-state index contributed by atoms with van der Waals surface area (Å²) in [5, 5.41) is 11.7. The van der Waals surface area contributed by atoms with E-state index in [0.717, 1.165) is 5.75 Å². The highest BCUT2D eigenvalue weighted by molar-refractivity contribution is 6.07. The van der Waals surface area contributed by atoms with E-state index in [2.05, 4.69) is 5.32 Å². The van der Waals surface area contributed by atoms with Crippen LogP contribution in [0, 0.1) is 0 Å². The van der Waals surface area contributed by atoms with Crippen LogP contribution in [0.3, 0.4) is 0 Å². The van der Waals surface area contributed by atoms with Gasteiger partial charge >= 0.3 is 0 Å². The number of rotatable bonds is 4. The topological polar surface area (TPSA) is 70.6 Å². The van der Waals surface area contributed by atoms with Gasteiger partial charge in [0.2, 0.25) is 0 Å². The number of hydrogen-bond donors (Lipinski definition) is 3. The van der Waals surface area contributed by atoms with Crippen LogP contribution in [-0.2, 0) is 0 Å². The summed E-state index contributed by atoms with van der Waals surface area (Å²) in [5.74, 6) is 0.415. The van der Waals surface area contributed by atoms with Crippen molar-refractivity contribution in [2.75, 3.05) is 17.9 Å². The maximum atomic E-state index is 12.1. The van der Waals surface area contributed by atoms with E-state index in [1.165, 1.54) is 0 Å². The first-order valence-electron chi connectivity index (χ1n) is 5.69. The molecule has 0 bridgehead atoms. The monoisotopic (exact) mass is 258 g/mol. The van der Waals surface area contributed by atoms with Crippen LogP contribution >= 0.6 is 0 Å². The predicted molar refractivity (Wildman–Crippen MR) is 72.8 cm³/mol. The Morgan fingerprint density at radius 2 is 1.79 bits per heavy atom. The third-order valence-electron chi connectivity index (χ3n) is 2.64. The lowest BCUT2D eigenvalue weighted by molar-refractivity contribution is 0.102. The van der Waals surface area contributed by atoms with Gasteiger partial charge in [-0.3, -0.25) is 15.5 Å². The van der Waals surface area contributed by atoms with E-state index < -0.39 is 0 Å². The van der Waals surface area contributed by atoms with Gasteiger partial charge in [-0.15, -0.1) is 0 Å². The van der Waals surface area contributed by atoms with Crippen molar-refractivity contribution in [1.82, 2.24) is 0 Å². The van der Waals surface area contributed by atoms with E-state index in [1.54, 1.807) is 55.6 Å². The molecule has 5 nitrogen and oxygen atoms in total. The summed E-state index contributed by atoms with van der Waals surface area (Å²) in [4.78, 5) is 12.1. The minimum Gasteiger partial charge on any atom is -0.497 e. The smallest absolute Gasteiger partial charge is 0.257 e. The number of para-hydroxylation sites is 1. The van der Waals surface area contributed by atoms with Gasteiger partial charge < -0.3 is 10.1 Å². The van der Waals surface area contributed by atoms with E-state index in [1.807, 2.05) is 5.48 Å². The zero-order chi connectivity index (χ0) is 13.7. The number of methoxy groups -OCH3 is 1. The zero-order valence-corrected chi connectivity index (χ0v) is 10.4. The molecule has 0 atom stereocenters. The third-order valence-corrected chi connectivity index (χ3v) is 2.64. The molecule has 98 valence electrons. The van der Waals surface area contributed by atoms with Gasteiger partial charge in [-0.05, 0) is 36.4 Å². The Hall–Kier alpha value is -2.53. The Morgan fingerprint density at radius 3 is 2.42 bits per heavy atom. The van der Waals surface area contributed by atoms with Crippen LogP contribution in [0.15, 0.2) is 48.5 Å². The summed E-state index contributed by atoms with van der Waals surface area (Å²) in [5.41, 5.74) is 3.37. The molecule has 0 fully saturated rings. The van der Waals surface area contributed by atoms with Gasteiger partial charge in [0.1, 0.15) is 5.75 Å². The number of carbonyl (C=O) groups is 1. The largest absolute Gasteiger partial charge is 0.497 e. The van der Waals surface area contributed by atoms with Crippen LogP contribution in [0.1, 0.15) is 10.4 Å². The van der Waals surface area contributed by atoms with Crippen molar-refractivity contribution in [2.24, 2.45) is 0 Å². The molecule has 0 aliphatic heterocycles. The van der Waals surface area contributed by atoms with Crippen LogP contribution in [0.2, 0.25) is 0 Å². The normalized spacial score (nSPS) is 9.79. The Labute approximate surface area is 110 Å². The Morgan fingerprint density at radius 1 is 1.11 bits per heavy atom. The molecule has 2 aromatic carbocycles. The second-order valence-electron chi connectivity index (χ2n) is 3.84. The zero-order valence-electron chi connectivity index (χ0n) is 10.4. The number of anilines is 2. The highest BCUT2D eigenvalue weighted by atomic mass is 16.5. The molecule has 2 rings (SSSR count). The first kappa shape index (κ1) is 12.9. The summed E-state index contributed by atoms with van der Waals surface area (Å²) in [7, 11) is 1.58. The maximum Gasteiger partial charge on any atom is 0.257 e. The van der Waals surface area contributed by atoms with Gasteiger partial charge in [0.25, 0.3) is 5.91 Å². The van der Waals surface area contributed by atoms with Gasteiger partial charge in [0.15, 0.2) is 0 Å². The molecule has 0 unspecified atom stereocenters. The highest BCUT2D eigenvalue weighted by Crippen LogP contribution is 2.18. The average Bonchev–Trinajstić information content (AvgIpc) is 2.48. The Balaban J connectivity index is 2.16. The summed E-state index contributed by atoms with van der Waals surface area (Å²) >= 11 is 0. The van der Waals surface area contributed by atoms with Crippen LogP contribution in [0.4, 0.5) is 11.4 Å². The molecular formula is C14H14N2O3. The molecule has 1 amide bonds. The Bertz CT molecular complexity index is 567. The maximum absolute atomic E-state index is 12.1. The molecule has 0 heterocycles. The highest BCUT2D eigenvalue weighted by Gasteiger charge is 2.10. The SMILES string of the molecule is COc1ccc(NC(=O)c2ccccc2NO)cc1. The van der Waals surface area contributed by atoms with Crippen LogP contribution in [0.5, 0.6) is 5.75 Å². The van der Waals surface area contributed by atoms with E-state index in [4.69, 9.17) is 9.94 Å². The van der Waals surface area contributed by atoms with Crippen molar-refractivity contribution < 1.29 is 14.7 Å². The molecule has 19 heavy (non-hydrogen) atoms. The molecule has 0 aliphatic carbocycles. The summed E-state index contributed by atoms with van der Waals surface area (Å²) in [6.07, 6.45) is 0.